The molecule has 0 aromatic heterocycles. The van der Waals surface area contributed by atoms with E-state index >= 15 is 0 Å². The van der Waals surface area contributed by atoms with Crippen LogP contribution in [0.15, 0.2) is 53.4 Å². The molecule has 6 nitrogen and oxygen atoms in total. The van der Waals surface area contributed by atoms with Gasteiger partial charge in [-0.05, 0) is 25.0 Å². The summed E-state index contributed by atoms with van der Waals surface area (Å²) < 4.78 is 27.7. The van der Waals surface area contributed by atoms with Crippen LogP contribution in [0.4, 0.5) is 5.69 Å². The minimum absolute atomic E-state index is 0.107. The zero-order valence-corrected chi connectivity index (χ0v) is 13.7. The number of nitrogens with one attached hydrogen (secondary N) is 1. The Labute approximate surface area is 135 Å². The Balaban J connectivity index is 2.35. The molecular formula is C16H18N2O4S. The predicted molar refractivity (Wildman–Crippen MR) is 87.6 cm³/mol. The molecule has 7 heteroatoms. The number of sulfonamides is 1. The number of hydrogen-bond donors (Lipinski definition) is 1. The first-order valence-electron chi connectivity index (χ1n) is 7.17. The van der Waals surface area contributed by atoms with Crippen molar-refractivity contribution < 1.29 is 13.3 Å². The van der Waals surface area contributed by atoms with Crippen LogP contribution in [-0.4, -0.2) is 13.3 Å². The molecule has 0 amide bonds. The van der Waals surface area contributed by atoms with E-state index in [9.17, 15) is 18.5 Å². The molecule has 0 aliphatic carbocycles. The summed E-state index contributed by atoms with van der Waals surface area (Å²) >= 11 is 0. The van der Waals surface area contributed by atoms with E-state index < -0.39 is 14.9 Å². The summed E-state index contributed by atoms with van der Waals surface area (Å²) in [6, 6.07) is 12.7. The number of nitro benzene ring substituents is 1. The van der Waals surface area contributed by atoms with Gasteiger partial charge in [0.15, 0.2) is 0 Å². The average Bonchev–Trinajstić information content (AvgIpc) is 2.53. The Morgan fingerprint density at radius 1 is 1.17 bits per heavy atom. The van der Waals surface area contributed by atoms with Gasteiger partial charge in [-0.2, -0.15) is 0 Å². The zero-order chi connectivity index (χ0) is 17.0. The summed E-state index contributed by atoms with van der Waals surface area (Å²) in [5.41, 5.74) is 1.06. The Hall–Kier alpha value is -2.25. The summed E-state index contributed by atoms with van der Waals surface area (Å²) in [4.78, 5) is 10.3. The van der Waals surface area contributed by atoms with Crippen molar-refractivity contribution in [1.29, 1.82) is 0 Å². The maximum Gasteiger partial charge on any atom is 0.273 e. The van der Waals surface area contributed by atoms with Gasteiger partial charge in [0.05, 0.1) is 9.82 Å². The quantitative estimate of drug-likeness (QED) is 0.648. The van der Waals surface area contributed by atoms with Gasteiger partial charge in [0, 0.05) is 17.7 Å². The van der Waals surface area contributed by atoms with Crippen LogP contribution in [0.25, 0.3) is 0 Å². The largest absolute Gasteiger partial charge is 0.273 e. The van der Waals surface area contributed by atoms with Gasteiger partial charge in [-0.15, -0.1) is 0 Å². The minimum atomic E-state index is -3.85. The molecular weight excluding hydrogens is 316 g/mol. The molecule has 0 fully saturated rings. The zero-order valence-electron chi connectivity index (χ0n) is 12.9. The van der Waals surface area contributed by atoms with Crippen molar-refractivity contribution >= 4 is 15.7 Å². The molecule has 0 bridgehead atoms. The predicted octanol–water partition coefficient (Wildman–Crippen LogP) is 3.33. The first-order valence-corrected chi connectivity index (χ1v) is 8.65. The summed E-state index contributed by atoms with van der Waals surface area (Å²) in [5.74, 6) is 0. The molecule has 2 rings (SSSR count). The van der Waals surface area contributed by atoms with Crippen molar-refractivity contribution in [3.63, 3.8) is 0 Å². The summed E-state index contributed by atoms with van der Waals surface area (Å²) in [6.45, 7) is 3.44. The van der Waals surface area contributed by atoms with E-state index in [1.165, 1.54) is 12.1 Å². The normalized spacial score (nSPS) is 12.8. The van der Waals surface area contributed by atoms with E-state index in [0.717, 1.165) is 11.6 Å². The highest BCUT2D eigenvalue weighted by atomic mass is 32.2. The van der Waals surface area contributed by atoms with Gasteiger partial charge in [-0.25, -0.2) is 13.1 Å². The van der Waals surface area contributed by atoms with Crippen molar-refractivity contribution in [1.82, 2.24) is 4.72 Å². The number of nitro groups is 1. The molecule has 0 saturated heterocycles. The Morgan fingerprint density at radius 2 is 1.83 bits per heavy atom. The second-order valence-corrected chi connectivity index (χ2v) is 6.91. The first-order chi connectivity index (χ1) is 10.8. The van der Waals surface area contributed by atoms with E-state index in [-0.39, 0.29) is 16.6 Å². The van der Waals surface area contributed by atoms with Crippen LogP contribution in [0.2, 0.25) is 0 Å². The van der Waals surface area contributed by atoms with Crippen molar-refractivity contribution in [2.45, 2.75) is 31.2 Å². The fourth-order valence-corrected chi connectivity index (χ4v) is 3.61. The van der Waals surface area contributed by atoms with Crippen LogP contribution in [0.5, 0.6) is 0 Å². The molecule has 1 unspecified atom stereocenters. The lowest BCUT2D eigenvalue weighted by Crippen LogP contribution is -2.28. The van der Waals surface area contributed by atoms with Gasteiger partial charge in [-0.3, -0.25) is 10.1 Å². The third-order valence-corrected chi connectivity index (χ3v) is 5.06. The first kappa shape index (κ1) is 17.1. The topological polar surface area (TPSA) is 89.3 Å². The number of rotatable bonds is 6. The Morgan fingerprint density at radius 3 is 2.39 bits per heavy atom. The maximum atomic E-state index is 12.5. The Bertz CT molecular complexity index is 804. The van der Waals surface area contributed by atoms with E-state index in [4.69, 9.17) is 0 Å². The van der Waals surface area contributed by atoms with Gasteiger partial charge in [0.1, 0.15) is 0 Å². The molecule has 1 atom stereocenters. The molecule has 122 valence electrons. The molecule has 23 heavy (non-hydrogen) atoms. The highest BCUT2D eigenvalue weighted by molar-refractivity contribution is 7.89. The molecule has 0 radical (unpaired) electrons. The average molecular weight is 334 g/mol. The molecule has 0 saturated carbocycles. The number of benzene rings is 2. The van der Waals surface area contributed by atoms with Gasteiger partial charge in [0.2, 0.25) is 10.0 Å². The second kappa shape index (κ2) is 6.89. The lowest BCUT2D eigenvalue weighted by Gasteiger charge is -2.17. The fraction of sp³-hybridized carbons (Fsp3) is 0.250. The van der Waals surface area contributed by atoms with Gasteiger partial charge < -0.3 is 0 Å². The standard InChI is InChI=1S/C16H18N2O4S/c1-3-15(13-7-5-4-6-8-13)17-23(21,22)14-10-9-12(2)16(11-14)18(19)20/h4-11,15,17H,3H2,1-2H3. The molecule has 0 spiro atoms. The van der Waals surface area contributed by atoms with Crippen LogP contribution in [-0.2, 0) is 10.0 Å². The van der Waals surface area contributed by atoms with E-state index in [1.54, 1.807) is 6.92 Å². The third-order valence-electron chi connectivity index (χ3n) is 3.60. The smallest absolute Gasteiger partial charge is 0.258 e. The summed E-state index contributed by atoms with van der Waals surface area (Å²) in [6.07, 6.45) is 0.567. The van der Waals surface area contributed by atoms with Gasteiger partial charge in [-0.1, -0.05) is 43.3 Å². The van der Waals surface area contributed by atoms with Crippen molar-refractivity contribution in [3.8, 4) is 0 Å². The fourth-order valence-electron chi connectivity index (χ4n) is 2.28. The van der Waals surface area contributed by atoms with Gasteiger partial charge >= 0.3 is 0 Å². The molecule has 0 heterocycles. The maximum absolute atomic E-state index is 12.5. The van der Waals surface area contributed by atoms with Crippen LogP contribution in [0, 0.1) is 17.0 Å². The van der Waals surface area contributed by atoms with Crippen LogP contribution < -0.4 is 4.72 Å². The highest BCUT2D eigenvalue weighted by Gasteiger charge is 2.23. The van der Waals surface area contributed by atoms with E-state index in [0.29, 0.717) is 12.0 Å². The van der Waals surface area contributed by atoms with Crippen molar-refractivity contribution in [2.75, 3.05) is 0 Å². The van der Waals surface area contributed by atoms with Crippen LogP contribution in [0.3, 0.4) is 0 Å². The number of hydrogen-bond acceptors (Lipinski definition) is 4. The summed E-state index contributed by atoms with van der Waals surface area (Å²) in [7, 11) is -3.85. The minimum Gasteiger partial charge on any atom is -0.258 e. The third kappa shape index (κ3) is 3.94. The van der Waals surface area contributed by atoms with Crippen molar-refractivity contribution in [3.05, 3.63) is 69.8 Å². The monoisotopic (exact) mass is 334 g/mol. The van der Waals surface area contributed by atoms with E-state index in [1.807, 2.05) is 37.3 Å². The molecule has 0 aliphatic rings. The van der Waals surface area contributed by atoms with E-state index in [2.05, 4.69) is 4.72 Å². The van der Waals surface area contributed by atoms with Crippen LogP contribution >= 0.6 is 0 Å². The molecule has 1 N–H and O–H groups in total. The molecule has 2 aromatic rings. The lowest BCUT2D eigenvalue weighted by atomic mass is 10.1. The number of aryl methyl sites for hydroxylation is 1. The summed E-state index contributed by atoms with van der Waals surface area (Å²) in [5, 5.41) is 11.0. The second-order valence-electron chi connectivity index (χ2n) is 5.20. The van der Waals surface area contributed by atoms with Gasteiger partial charge in [0.25, 0.3) is 5.69 Å². The lowest BCUT2D eigenvalue weighted by molar-refractivity contribution is -0.385. The van der Waals surface area contributed by atoms with Crippen molar-refractivity contribution in [2.24, 2.45) is 0 Å². The van der Waals surface area contributed by atoms with Crippen LogP contribution in [0.1, 0.15) is 30.5 Å². The molecule has 0 aliphatic heterocycles. The SMILES string of the molecule is CCC(NS(=O)(=O)c1ccc(C)c([N+](=O)[O-])c1)c1ccccc1. The Kier molecular flexibility index (Phi) is 5.12. The highest BCUT2D eigenvalue weighted by Crippen LogP contribution is 2.24. The molecule has 2 aromatic carbocycles. The number of nitrogens with zero attached hydrogens (tertiary/aromatic N) is 1.